The molecule has 2 saturated heterocycles. The molecule has 2 unspecified atom stereocenters. The van der Waals surface area contributed by atoms with Crippen LogP contribution in [0.5, 0.6) is 0 Å². The lowest BCUT2D eigenvalue weighted by atomic mass is 10.2. The third-order valence-corrected chi connectivity index (χ3v) is 7.91. The van der Waals surface area contributed by atoms with Crippen LogP contribution >= 0.6 is 0 Å². The highest BCUT2D eigenvalue weighted by Crippen LogP contribution is 2.35. The quantitative estimate of drug-likeness (QED) is 0.651. The summed E-state index contributed by atoms with van der Waals surface area (Å²) in [5.41, 5.74) is 2.30. The minimum atomic E-state index is -3.19. The molecule has 0 N–H and O–H groups in total. The Morgan fingerprint density at radius 2 is 2.07 bits per heavy atom. The Labute approximate surface area is 169 Å². The first-order valence-corrected chi connectivity index (χ1v) is 11.6. The molecule has 0 spiro atoms. The normalized spacial score (nSPS) is 24.2. The molecule has 1 aromatic carbocycles. The van der Waals surface area contributed by atoms with Crippen LogP contribution in [0.25, 0.3) is 17.0 Å². The fourth-order valence-corrected chi connectivity index (χ4v) is 6.04. The summed E-state index contributed by atoms with van der Waals surface area (Å²) in [7, 11) is -3.19. The van der Waals surface area contributed by atoms with Crippen LogP contribution < -0.4 is 4.90 Å². The summed E-state index contributed by atoms with van der Waals surface area (Å²) in [6.45, 7) is 4.03. The van der Waals surface area contributed by atoms with E-state index in [-0.39, 0.29) is 11.8 Å². The van der Waals surface area contributed by atoms with Gasteiger partial charge < -0.3 is 9.64 Å². The Morgan fingerprint density at radius 1 is 1.21 bits per heavy atom. The molecule has 8 nitrogen and oxygen atoms in total. The van der Waals surface area contributed by atoms with Crippen molar-refractivity contribution in [3.8, 4) is 5.95 Å². The number of fused-ring (bicyclic) bond motifs is 1. The second-order valence-electron chi connectivity index (χ2n) is 7.67. The number of imidazole rings is 1. The molecule has 3 aromatic rings. The van der Waals surface area contributed by atoms with E-state index in [0.717, 1.165) is 16.9 Å². The van der Waals surface area contributed by atoms with Crippen molar-refractivity contribution in [3.63, 3.8) is 0 Å². The number of para-hydroxylation sites is 2. The Kier molecular flexibility index (Phi) is 4.51. The number of hydrogen-bond acceptors (Lipinski definition) is 7. The van der Waals surface area contributed by atoms with Gasteiger partial charge in [0.2, 0.25) is 5.95 Å². The summed E-state index contributed by atoms with van der Waals surface area (Å²) in [5, 5.41) is -0.575. The number of benzene rings is 1. The summed E-state index contributed by atoms with van der Waals surface area (Å²) in [6.07, 6.45) is 2.96. The van der Waals surface area contributed by atoms with E-state index in [0.29, 0.717) is 44.2 Å². The Balaban J connectivity index is 1.68. The van der Waals surface area contributed by atoms with Gasteiger partial charge in [-0.15, -0.1) is 0 Å². The molecule has 5 rings (SSSR count). The second-order valence-corrected chi connectivity index (χ2v) is 9.97. The molecule has 29 heavy (non-hydrogen) atoms. The van der Waals surface area contributed by atoms with Crippen molar-refractivity contribution in [2.75, 3.05) is 30.4 Å². The maximum Gasteiger partial charge on any atom is 0.237 e. The van der Waals surface area contributed by atoms with Gasteiger partial charge in [-0.1, -0.05) is 12.1 Å². The molecular weight excluding hydrogens is 390 g/mol. The van der Waals surface area contributed by atoms with Gasteiger partial charge in [-0.2, -0.15) is 4.98 Å². The third-order valence-electron chi connectivity index (χ3n) is 5.71. The summed E-state index contributed by atoms with van der Waals surface area (Å²) in [5.74, 6) is 1.40. The van der Waals surface area contributed by atoms with Crippen LogP contribution in [0.15, 0.2) is 36.7 Å². The largest absolute Gasteiger partial charge is 0.377 e. The van der Waals surface area contributed by atoms with Gasteiger partial charge in [0.1, 0.15) is 17.4 Å². The number of hydrogen-bond donors (Lipinski definition) is 0. The van der Waals surface area contributed by atoms with E-state index >= 15 is 0 Å². The van der Waals surface area contributed by atoms with E-state index in [1.807, 2.05) is 34.9 Å². The molecule has 2 aliphatic heterocycles. The first-order valence-electron chi connectivity index (χ1n) is 9.90. The van der Waals surface area contributed by atoms with Crippen LogP contribution in [-0.4, -0.2) is 59.5 Å². The zero-order valence-electron chi connectivity index (χ0n) is 16.2. The van der Waals surface area contributed by atoms with Gasteiger partial charge in [0.15, 0.2) is 9.84 Å². The van der Waals surface area contributed by atoms with Crippen LogP contribution in [0.4, 0.5) is 5.82 Å². The van der Waals surface area contributed by atoms with Crippen LogP contribution in [0, 0.1) is 0 Å². The van der Waals surface area contributed by atoms with Crippen LogP contribution in [-0.2, 0) is 14.6 Å². The van der Waals surface area contributed by atoms with Gasteiger partial charge >= 0.3 is 0 Å². The topological polar surface area (TPSA) is 90.2 Å². The zero-order valence-corrected chi connectivity index (χ0v) is 17.0. The molecular formula is C20H23N5O3S. The SMILES string of the molecule is CC1COCCN1c1cc(C2CCCS2(=O)=O)nc(-n2cnc3ccccc32)n1. The highest BCUT2D eigenvalue weighted by molar-refractivity contribution is 7.91. The van der Waals surface area contributed by atoms with Crippen molar-refractivity contribution in [1.82, 2.24) is 19.5 Å². The minimum absolute atomic E-state index is 0.152. The number of anilines is 1. The van der Waals surface area contributed by atoms with E-state index < -0.39 is 15.1 Å². The monoisotopic (exact) mass is 413 g/mol. The number of aromatic nitrogens is 4. The van der Waals surface area contributed by atoms with Crippen molar-refractivity contribution >= 4 is 26.7 Å². The summed E-state index contributed by atoms with van der Waals surface area (Å²) in [6, 6.07) is 9.76. The first kappa shape index (κ1) is 18.5. The van der Waals surface area contributed by atoms with Gasteiger partial charge in [0, 0.05) is 12.6 Å². The lowest BCUT2D eigenvalue weighted by molar-refractivity contribution is 0.0985. The van der Waals surface area contributed by atoms with Gasteiger partial charge in [-0.25, -0.2) is 18.4 Å². The molecule has 0 aliphatic carbocycles. The van der Waals surface area contributed by atoms with Crippen molar-refractivity contribution in [3.05, 3.63) is 42.4 Å². The van der Waals surface area contributed by atoms with Crippen molar-refractivity contribution < 1.29 is 13.2 Å². The van der Waals surface area contributed by atoms with E-state index in [1.54, 1.807) is 6.33 Å². The number of rotatable bonds is 3. The fourth-order valence-electron chi connectivity index (χ4n) is 4.17. The number of nitrogens with zero attached hydrogens (tertiary/aromatic N) is 5. The van der Waals surface area contributed by atoms with E-state index in [9.17, 15) is 8.42 Å². The van der Waals surface area contributed by atoms with Gasteiger partial charge in [0.05, 0.1) is 41.7 Å². The highest BCUT2D eigenvalue weighted by Gasteiger charge is 2.35. The lowest BCUT2D eigenvalue weighted by Gasteiger charge is -2.34. The van der Waals surface area contributed by atoms with E-state index in [2.05, 4.69) is 16.8 Å². The summed E-state index contributed by atoms with van der Waals surface area (Å²) < 4.78 is 32.6. The zero-order chi connectivity index (χ0) is 20.0. The molecule has 2 atom stereocenters. The van der Waals surface area contributed by atoms with Crippen molar-refractivity contribution in [2.24, 2.45) is 0 Å². The van der Waals surface area contributed by atoms with Gasteiger partial charge in [-0.3, -0.25) is 4.57 Å². The molecule has 0 bridgehead atoms. The lowest BCUT2D eigenvalue weighted by Crippen LogP contribution is -2.44. The molecule has 0 amide bonds. The first-order chi connectivity index (χ1) is 14.0. The van der Waals surface area contributed by atoms with Crippen LogP contribution in [0.1, 0.15) is 30.7 Å². The fraction of sp³-hybridized carbons (Fsp3) is 0.450. The van der Waals surface area contributed by atoms with Gasteiger partial charge in [-0.05, 0) is 31.9 Å². The molecule has 9 heteroatoms. The predicted molar refractivity (Wildman–Crippen MR) is 110 cm³/mol. The highest BCUT2D eigenvalue weighted by atomic mass is 32.2. The number of morpholine rings is 1. The molecule has 2 aromatic heterocycles. The standard InChI is InChI=1S/C20H23N5O3S/c1-14-12-28-9-8-24(14)19-11-16(18-7-4-10-29(18,26)27)22-20(23-19)25-13-21-15-5-2-3-6-17(15)25/h2-3,5-6,11,13-14,18H,4,7-10,12H2,1H3. The summed E-state index contributed by atoms with van der Waals surface area (Å²) >= 11 is 0. The average Bonchev–Trinajstić information content (AvgIpc) is 3.30. The van der Waals surface area contributed by atoms with Gasteiger partial charge in [0.25, 0.3) is 0 Å². The van der Waals surface area contributed by atoms with Crippen LogP contribution in [0.2, 0.25) is 0 Å². The van der Waals surface area contributed by atoms with E-state index in [4.69, 9.17) is 14.7 Å². The Morgan fingerprint density at radius 3 is 2.86 bits per heavy atom. The maximum absolute atomic E-state index is 12.6. The molecule has 2 aliphatic rings. The smallest absolute Gasteiger partial charge is 0.237 e. The maximum atomic E-state index is 12.6. The number of sulfone groups is 1. The third kappa shape index (κ3) is 3.28. The Hall–Kier alpha value is -2.52. The molecule has 0 saturated carbocycles. The van der Waals surface area contributed by atoms with Crippen LogP contribution in [0.3, 0.4) is 0 Å². The van der Waals surface area contributed by atoms with Crippen molar-refractivity contribution in [1.29, 1.82) is 0 Å². The predicted octanol–water partition coefficient (Wildman–Crippen LogP) is 2.29. The molecule has 4 heterocycles. The summed E-state index contributed by atoms with van der Waals surface area (Å²) in [4.78, 5) is 16.1. The molecule has 0 radical (unpaired) electrons. The minimum Gasteiger partial charge on any atom is -0.377 e. The Bertz CT molecular complexity index is 1160. The molecule has 152 valence electrons. The average molecular weight is 414 g/mol. The molecule has 2 fully saturated rings. The van der Waals surface area contributed by atoms with Crippen molar-refractivity contribution in [2.45, 2.75) is 31.1 Å². The van der Waals surface area contributed by atoms with E-state index in [1.165, 1.54) is 0 Å². The second kappa shape index (κ2) is 7.07. The number of ether oxygens (including phenoxy) is 1.